The van der Waals surface area contributed by atoms with Crippen LogP contribution in [0.1, 0.15) is 35.8 Å². The van der Waals surface area contributed by atoms with E-state index < -0.39 is 12.5 Å². The van der Waals surface area contributed by atoms with Gasteiger partial charge in [-0.25, -0.2) is 0 Å². The molecule has 2 aromatic rings. The quantitative estimate of drug-likeness (QED) is 0.687. The lowest BCUT2D eigenvalue weighted by Gasteiger charge is -2.16. The molecule has 0 aromatic heterocycles. The molecule has 2 amide bonds. The summed E-state index contributed by atoms with van der Waals surface area (Å²) in [5.74, 6) is -0.317. The molecule has 28 heavy (non-hydrogen) atoms. The van der Waals surface area contributed by atoms with Crippen LogP contribution in [0, 0.1) is 0 Å². The first-order valence-electron chi connectivity index (χ1n) is 8.74. The lowest BCUT2D eigenvalue weighted by molar-refractivity contribution is -0.120. The summed E-state index contributed by atoms with van der Waals surface area (Å²) < 4.78 is 34.0. The van der Waals surface area contributed by atoms with Gasteiger partial charge in [0.25, 0.3) is 5.91 Å². The summed E-state index contributed by atoms with van der Waals surface area (Å²) in [4.78, 5) is 24.4. The summed E-state index contributed by atoms with van der Waals surface area (Å²) in [5.41, 5.74) is 1.06. The molecule has 0 radical (unpaired) electrons. The van der Waals surface area contributed by atoms with Gasteiger partial charge in [0.05, 0.1) is 24.8 Å². The lowest BCUT2D eigenvalue weighted by Crippen LogP contribution is -2.38. The number of hydrogen-bond donors (Lipinski definition) is 2. The highest BCUT2D eigenvalue weighted by atomic mass is 19.3. The van der Waals surface area contributed by atoms with Crippen LogP contribution in [0.2, 0.25) is 0 Å². The minimum Gasteiger partial charge on any atom is -0.493 e. The second-order valence-corrected chi connectivity index (χ2v) is 5.85. The molecule has 1 unspecified atom stereocenters. The van der Waals surface area contributed by atoms with Crippen molar-refractivity contribution in [3.05, 3.63) is 59.7 Å². The Hall–Kier alpha value is -3.16. The maximum absolute atomic E-state index is 12.3. The molecule has 0 aliphatic carbocycles. The largest absolute Gasteiger partial charge is 0.493 e. The van der Waals surface area contributed by atoms with Crippen molar-refractivity contribution in [1.29, 1.82) is 0 Å². The van der Waals surface area contributed by atoms with Crippen LogP contribution in [0.3, 0.4) is 0 Å². The van der Waals surface area contributed by atoms with Crippen molar-refractivity contribution in [3.8, 4) is 11.5 Å². The van der Waals surface area contributed by atoms with Gasteiger partial charge in [0.2, 0.25) is 5.91 Å². The Kier molecular flexibility index (Phi) is 7.74. The smallest absolute Gasteiger partial charge is 0.387 e. The first-order valence-corrected chi connectivity index (χ1v) is 8.74. The average Bonchev–Trinajstić information content (AvgIpc) is 2.67. The molecule has 0 saturated carbocycles. The monoisotopic (exact) mass is 392 g/mol. The maximum Gasteiger partial charge on any atom is 0.387 e. The number of carbonyl (C=O) groups is 2. The van der Waals surface area contributed by atoms with E-state index in [0.717, 1.165) is 0 Å². The first-order chi connectivity index (χ1) is 13.4. The molecule has 0 spiro atoms. The van der Waals surface area contributed by atoms with E-state index in [2.05, 4.69) is 15.4 Å². The highest BCUT2D eigenvalue weighted by Gasteiger charge is 2.15. The van der Waals surface area contributed by atoms with E-state index in [0.29, 0.717) is 23.5 Å². The molecule has 6 nitrogen and oxygen atoms in total. The van der Waals surface area contributed by atoms with E-state index in [4.69, 9.17) is 4.74 Å². The second-order valence-electron chi connectivity index (χ2n) is 5.85. The van der Waals surface area contributed by atoms with Crippen molar-refractivity contribution in [1.82, 2.24) is 10.6 Å². The summed E-state index contributed by atoms with van der Waals surface area (Å²) in [5, 5.41) is 5.28. The number of rotatable bonds is 9. The molecule has 150 valence electrons. The minimum absolute atomic E-state index is 0.0394. The Morgan fingerprint density at radius 3 is 2.39 bits per heavy atom. The first kappa shape index (κ1) is 21.1. The molecule has 0 aliphatic heterocycles. The van der Waals surface area contributed by atoms with E-state index in [1.807, 2.05) is 6.92 Å². The lowest BCUT2D eigenvalue weighted by atomic mass is 10.1. The fourth-order valence-electron chi connectivity index (χ4n) is 2.51. The molecule has 2 N–H and O–H groups in total. The van der Waals surface area contributed by atoms with E-state index in [1.54, 1.807) is 43.3 Å². The number of hydrogen-bond acceptors (Lipinski definition) is 4. The van der Waals surface area contributed by atoms with Crippen LogP contribution in [0.5, 0.6) is 11.5 Å². The molecule has 0 heterocycles. The zero-order valence-electron chi connectivity index (χ0n) is 15.6. The zero-order valence-corrected chi connectivity index (χ0v) is 15.6. The summed E-state index contributed by atoms with van der Waals surface area (Å²) in [7, 11) is 0. The number of amides is 2. The Morgan fingerprint density at radius 2 is 1.75 bits per heavy atom. The van der Waals surface area contributed by atoms with Gasteiger partial charge in [-0.1, -0.05) is 24.3 Å². The van der Waals surface area contributed by atoms with Crippen molar-refractivity contribution in [3.63, 3.8) is 0 Å². The van der Waals surface area contributed by atoms with Gasteiger partial charge >= 0.3 is 6.61 Å². The van der Waals surface area contributed by atoms with E-state index in [1.165, 1.54) is 12.1 Å². The van der Waals surface area contributed by atoms with Crippen LogP contribution in [-0.2, 0) is 4.79 Å². The van der Waals surface area contributed by atoms with Gasteiger partial charge < -0.3 is 20.1 Å². The fraction of sp³-hybridized carbons (Fsp3) is 0.300. The van der Waals surface area contributed by atoms with Crippen LogP contribution >= 0.6 is 0 Å². The van der Waals surface area contributed by atoms with E-state index in [-0.39, 0.29) is 24.2 Å². The number of halogens is 2. The van der Waals surface area contributed by atoms with E-state index in [9.17, 15) is 18.4 Å². The normalized spacial score (nSPS) is 11.6. The summed E-state index contributed by atoms with van der Waals surface area (Å²) in [6.45, 7) is 0.877. The Balaban J connectivity index is 1.87. The fourth-order valence-corrected chi connectivity index (χ4v) is 2.51. The van der Waals surface area contributed by atoms with E-state index >= 15 is 0 Å². The molecule has 0 saturated heterocycles. The van der Waals surface area contributed by atoms with Gasteiger partial charge in [0.15, 0.2) is 0 Å². The summed E-state index contributed by atoms with van der Waals surface area (Å²) >= 11 is 0. The number of nitrogens with one attached hydrogen (secondary N) is 2. The number of alkyl halides is 2. The van der Waals surface area contributed by atoms with Crippen LogP contribution < -0.4 is 20.1 Å². The Labute approximate surface area is 161 Å². The summed E-state index contributed by atoms with van der Waals surface area (Å²) in [6, 6.07) is 12.4. The van der Waals surface area contributed by atoms with Gasteiger partial charge in [-0.3, -0.25) is 9.59 Å². The number of ether oxygens (including phenoxy) is 2. The van der Waals surface area contributed by atoms with Crippen LogP contribution in [0.15, 0.2) is 48.5 Å². The van der Waals surface area contributed by atoms with Gasteiger partial charge in [0, 0.05) is 0 Å². The summed E-state index contributed by atoms with van der Waals surface area (Å²) in [6.07, 6.45) is 0. The van der Waals surface area contributed by atoms with Crippen molar-refractivity contribution in [2.24, 2.45) is 0 Å². The van der Waals surface area contributed by atoms with Crippen LogP contribution in [0.4, 0.5) is 8.78 Å². The minimum atomic E-state index is -2.89. The van der Waals surface area contributed by atoms with Gasteiger partial charge in [0.1, 0.15) is 11.5 Å². The Morgan fingerprint density at radius 1 is 1.07 bits per heavy atom. The molecule has 2 rings (SSSR count). The van der Waals surface area contributed by atoms with Gasteiger partial charge in [-0.2, -0.15) is 8.78 Å². The topological polar surface area (TPSA) is 76.7 Å². The molecular formula is C20H22F2N2O4. The third kappa shape index (κ3) is 6.22. The molecule has 1 atom stereocenters. The second kappa shape index (κ2) is 10.2. The third-order valence-electron chi connectivity index (χ3n) is 3.82. The van der Waals surface area contributed by atoms with Crippen LogP contribution in [-0.4, -0.2) is 31.6 Å². The number of benzene rings is 2. The zero-order chi connectivity index (χ0) is 20.5. The van der Waals surface area contributed by atoms with Gasteiger partial charge in [-0.15, -0.1) is 0 Å². The highest BCUT2D eigenvalue weighted by molar-refractivity contribution is 5.98. The number of para-hydroxylation sites is 1. The molecule has 0 aliphatic rings. The molecular weight excluding hydrogens is 370 g/mol. The maximum atomic E-state index is 12.3. The molecule has 0 fully saturated rings. The van der Waals surface area contributed by atoms with Crippen molar-refractivity contribution >= 4 is 11.8 Å². The molecule has 0 bridgehead atoms. The highest BCUT2D eigenvalue weighted by Crippen LogP contribution is 2.19. The number of carbonyl (C=O) groups excluding carboxylic acids is 2. The van der Waals surface area contributed by atoms with Crippen molar-refractivity contribution in [2.75, 3.05) is 13.2 Å². The molecule has 8 heteroatoms. The molecule has 2 aromatic carbocycles. The standard InChI is InChI=1S/C20H22F2N2O4/c1-3-27-17-7-5-4-6-16(17)19(26)23-12-18(25)24-13(2)14-8-10-15(11-9-14)28-20(21)22/h4-11,13,20H,3,12H2,1-2H3,(H,23,26)(H,24,25). The predicted octanol–water partition coefficient (Wildman–Crippen LogP) is 3.29. The third-order valence-corrected chi connectivity index (χ3v) is 3.82. The van der Waals surface area contributed by atoms with Crippen molar-refractivity contribution < 1.29 is 27.8 Å². The van der Waals surface area contributed by atoms with Crippen LogP contribution in [0.25, 0.3) is 0 Å². The predicted molar refractivity (Wildman–Crippen MR) is 99.6 cm³/mol. The van der Waals surface area contributed by atoms with Crippen molar-refractivity contribution in [2.45, 2.75) is 26.5 Å². The average molecular weight is 392 g/mol. The SMILES string of the molecule is CCOc1ccccc1C(=O)NCC(=O)NC(C)c1ccc(OC(F)F)cc1. The Bertz CT molecular complexity index is 797. The van der Waals surface area contributed by atoms with Gasteiger partial charge in [-0.05, 0) is 43.7 Å².